The number of rotatable bonds is 2. The van der Waals surface area contributed by atoms with Crippen molar-refractivity contribution < 1.29 is 27.5 Å². The highest BCUT2D eigenvalue weighted by Crippen LogP contribution is 2.47. The molecular formula is C22H27F3N2O3. The van der Waals surface area contributed by atoms with Crippen molar-refractivity contribution >= 4 is 11.8 Å². The minimum Gasteiger partial charge on any atom is -0.381 e. The van der Waals surface area contributed by atoms with E-state index in [4.69, 9.17) is 4.74 Å². The Kier molecular flexibility index (Phi) is 5.55. The Morgan fingerprint density at radius 3 is 2.67 bits per heavy atom. The zero-order valence-electron chi connectivity index (χ0n) is 17.0. The number of nitrogens with zero attached hydrogens (tertiary/aromatic N) is 1. The molecule has 0 aromatic heterocycles. The SMILES string of the molecule is C[C@]12C[C@@H](c3cccc(C(F)(F)F)c3)N(C(=O)C3CCOCC3)[C@H]1CCCC(=O)N2. The van der Waals surface area contributed by atoms with Crippen molar-refractivity contribution in [3.05, 3.63) is 35.4 Å². The first kappa shape index (κ1) is 21.2. The fraction of sp³-hybridized carbons (Fsp3) is 0.636. The quantitative estimate of drug-likeness (QED) is 0.785. The zero-order chi connectivity index (χ0) is 21.5. The highest BCUT2D eigenvalue weighted by Gasteiger charge is 2.54. The topological polar surface area (TPSA) is 58.6 Å². The van der Waals surface area contributed by atoms with Gasteiger partial charge in [0.1, 0.15) is 0 Å². The van der Waals surface area contributed by atoms with E-state index in [9.17, 15) is 22.8 Å². The van der Waals surface area contributed by atoms with Crippen LogP contribution in [0.5, 0.6) is 0 Å². The molecule has 0 unspecified atom stereocenters. The van der Waals surface area contributed by atoms with Crippen LogP contribution in [0, 0.1) is 5.92 Å². The predicted octanol–water partition coefficient (Wildman–Crippen LogP) is 3.83. The van der Waals surface area contributed by atoms with Crippen LogP contribution in [0.25, 0.3) is 0 Å². The number of hydrogen-bond acceptors (Lipinski definition) is 3. The molecule has 1 N–H and O–H groups in total. The number of benzene rings is 1. The van der Waals surface area contributed by atoms with Crippen LogP contribution in [-0.2, 0) is 20.5 Å². The summed E-state index contributed by atoms with van der Waals surface area (Å²) in [6, 6.07) is 4.50. The molecule has 164 valence electrons. The second kappa shape index (κ2) is 7.87. The van der Waals surface area contributed by atoms with Crippen LogP contribution in [0.4, 0.5) is 13.2 Å². The number of amides is 2. The molecule has 3 aliphatic rings. The van der Waals surface area contributed by atoms with Gasteiger partial charge in [-0.05, 0) is 56.7 Å². The van der Waals surface area contributed by atoms with Gasteiger partial charge in [-0.15, -0.1) is 0 Å². The van der Waals surface area contributed by atoms with E-state index in [-0.39, 0.29) is 23.8 Å². The summed E-state index contributed by atoms with van der Waals surface area (Å²) in [4.78, 5) is 27.6. The molecule has 0 spiro atoms. The first-order chi connectivity index (χ1) is 14.2. The second-order valence-electron chi connectivity index (χ2n) is 8.85. The summed E-state index contributed by atoms with van der Waals surface area (Å²) in [5, 5.41) is 3.07. The van der Waals surface area contributed by atoms with E-state index in [1.165, 1.54) is 6.07 Å². The smallest absolute Gasteiger partial charge is 0.381 e. The molecule has 3 atom stereocenters. The van der Waals surface area contributed by atoms with Gasteiger partial charge in [-0.25, -0.2) is 0 Å². The fourth-order valence-corrected chi connectivity index (χ4v) is 5.25. The van der Waals surface area contributed by atoms with E-state index in [1.807, 2.05) is 6.92 Å². The number of carbonyl (C=O) groups excluding carboxylic acids is 2. The summed E-state index contributed by atoms with van der Waals surface area (Å²) in [5.74, 6) is -0.304. The number of fused-ring (bicyclic) bond motifs is 1. The van der Waals surface area contributed by atoms with Crippen molar-refractivity contribution in [2.45, 2.75) is 69.2 Å². The monoisotopic (exact) mass is 424 g/mol. The van der Waals surface area contributed by atoms with Gasteiger partial charge >= 0.3 is 6.18 Å². The number of likely N-dealkylation sites (tertiary alicyclic amines) is 1. The van der Waals surface area contributed by atoms with Crippen LogP contribution in [0.2, 0.25) is 0 Å². The average molecular weight is 424 g/mol. The van der Waals surface area contributed by atoms with Crippen molar-refractivity contribution in [3.63, 3.8) is 0 Å². The number of halogens is 3. The number of carbonyl (C=O) groups is 2. The summed E-state index contributed by atoms with van der Waals surface area (Å²) < 4.78 is 45.4. The molecular weight excluding hydrogens is 397 g/mol. The van der Waals surface area contributed by atoms with Crippen LogP contribution in [0.3, 0.4) is 0 Å². The standard InChI is InChI=1S/C22H27F3N2O3/c1-21-13-17(15-4-2-5-16(12-15)22(23,24)25)27(18(21)6-3-7-19(28)26-21)20(29)14-8-10-30-11-9-14/h2,4-5,12,14,17-18H,3,6-11,13H2,1H3,(H,26,28)/t17-,18-,21-/m0/s1. The maximum absolute atomic E-state index is 13.6. The van der Waals surface area contributed by atoms with Gasteiger partial charge in [-0.3, -0.25) is 9.59 Å². The molecule has 30 heavy (non-hydrogen) atoms. The summed E-state index contributed by atoms with van der Waals surface area (Å²) in [7, 11) is 0. The Bertz CT molecular complexity index is 822. The molecule has 0 aliphatic carbocycles. The Morgan fingerprint density at radius 2 is 1.97 bits per heavy atom. The molecule has 2 amide bonds. The maximum atomic E-state index is 13.6. The predicted molar refractivity (Wildman–Crippen MR) is 103 cm³/mol. The van der Waals surface area contributed by atoms with Gasteiger partial charge in [0.25, 0.3) is 0 Å². The zero-order valence-corrected chi connectivity index (χ0v) is 17.0. The van der Waals surface area contributed by atoms with Crippen molar-refractivity contribution in [3.8, 4) is 0 Å². The lowest BCUT2D eigenvalue weighted by Gasteiger charge is -2.37. The van der Waals surface area contributed by atoms with Gasteiger partial charge in [0.2, 0.25) is 11.8 Å². The highest BCUT2D eigenvalue weighted by atomic mass is 19.4. The van der Waals surface area contributed by atoms with Gasteiger partial charge in [0.05, 0.1) is 23.2 Å². The molecule has 4 rings (SSSR count). The van der Waals surface area contributed by atoms with Crippen molar-refractivity contribution in [1.29, 1.82) is 0 Å². The molecule has 0 bridgehead atoms. The van der Waals surface area contributed by atoms with E-state index in [2.05, 4.69) is 5.32 Å². The van der Waals surface area contributed by atoms with E-state index >= 15 is 0 Å². The summed E-state index contributed by atoms with van der Waals surface area (Å²) in [6.07, 6.45) is -1.12. The maximum Gasteiger partial charge on any atom is 0.416 e. The largest absolute Gasteiger partial charge is 0.416 e. The molecule has 1 aromatic rings. The minimum atomic E-state index is -4.45. The number of ether oxygens (including phenoxy) is 1. The second-order valence-corrected chi connectivity index (χ2v) is 8.85. The van der Waals surface area contributed by atoms with Crippen molar-refractivity contribution in [2.75, 3.05) is 13.2 Å². The molecule has 3 fully saturated rings. The third kappa shape index (κ3) is 3.94. The summed E-state index contributed by atoms with van der Waals surface area (Å²) >= 11 is 0. The first-order valence-electron chi connectivity index (χ1n) is 10.6. The third-order valence-corrected chi connectivity index (χ3v) is 6.75. The van der Waals surface area contributed by atoms with Gasteiger partial charge in [-0.2, -0.15) is 13.2 Å². The molecule has 0 saturated carbocycles. The lowest BCUT2D eigenvalue weighted by atomic mass is 9.88. The minimum absolute atomic E-state index is 0.0365. The average Bonchev–Trinajstić information content (AvgIpc) is 2.90. The number of hydrogen-bond donors (Lipinski definition) is 1. The lowest BCUT2D eigenvalue weighted by molar-refractivity contribution is -0.142. The summed E-state index contributed by atoms with van der Waals surface area (Å²) in [5.41, 5.74) is -0.915. The van der Waals surface area contributed by atoms with E-state index in [0.717, 1.165) is 12.1 Å². The van der Waals surface area contributed by atoms with Crippen molar-refractivity contribution in [2.24, 2.45) is 5.92 Å². The van der Waals surface area contributed by atoms with Crippen LogP contribution in [0.1, 0.15) is 62.6 Å². The summed E-state index contributed by atoms with van der Waals surface area (Å²) in [6.45, 7) is 2.94. The third-order valence-electron chi connectivity index (χ3n) is 6.75. The van der Waals surface area contributed by atoms with Crippen LogP contribution in [0.15, 0.2) is 24.3 Å². The molecule has 8 heteroatoms. The molecule has 1 aromatic carbocycles. The number of alkyl halides is 3. The van der Waals surface area contributed by atoms with Gasteiger partial charge in [-0.1, -0.05) is 12.1 Å². The Balaban J connectivity index is 1.73. The van der Waals surface area contributed by atoms with Crippen LogP contribution in [-0.4, -0.2) is 41.5 Å². The molecule has 3 heterocycles. The Labute approximate surface area is 173 Å². The van der Waals surface area contributed by atoms with Crippen LogP contribution < -0.4 is 5.32 Å². The Morgan fingerprint density at radius 1 is 1.23 bits per heavy atom. The molecule has 3 aliphatic heterocycles. The molecule has 5 nitrogen and oxygen atoms in total. The Hall–Kier alpha value is -2.09. The molecule has 0 radical (unpaired) electrons. The highest BCUT2D eigenvalue weighted by molar-refractivity contribution is 5.82. The van der Waals surface area contributed by atoms with E-state index in [1.54, 1.807) is 11.0 Å². The van der Waals surface area contributed by atoms with E-state index in [0.29, 0.717) is 57.3 Å². The van der Waals surface area contributed by atoms with Crippen LogP contribution >= 0.6 is 0 Å². The fourth-order valence-electron chi connectivity index (χ4n) is 5.25. The molecule has 3 saturated heterocycles. The van der Waals surface area contributed by atoms with Gasteiger partial charge in [0, 0.05) is 25.6 Å². The lowest BCUT2D eigenvalue weighted by Crippen LogP contribution is -2.54. The van der Waals surface area contributed by atoms with Gasteiger partial charge in [0.15, 0.2) is 0 Å². The van der Waals surface area contributed by atoms with Crippen molar-refractivity contribution in [1.82, 2.24) is 10.2 Å². The first-order valence-corrected chi connectivity index (χ1v) is 10.6. The number of nitrogens with one attached hydrogen (secondary N) is 1. The normalized spacial score (nSPS) is 30.5. The van der Waals surface area contributed by atoms with Gasteiger partial charge < -0.3 is 15.0 Å². The van der Waals surface area contributed by atoms with E-state index < -0.39 is 23.3 Å².